The number of alkyl carbamates (subject to hydrolysis) is 1. The maximum Gasteiger partial charge on any atom is 0.407 e. The second kappa shape index (κ2) is 13.2. The lowest BCUT2D eigenvalue weighted by Gasteiger charge is -2.23. The van der Waals surface area contributed by atoms with Gasteiger partial charge in [0.2, 0.25) is 0 Å². The van der Waals surface area contributed by atoms with Gasteiger partial charge in [0.25, 0.3) is 5.91 Å². The summed E-state index contributed by atoms with van der Waals surface area (Å²) >= 11 is 0. The molecule has 3 rings (SSSR count). The Morgan fingerprint density at radius 1 is 1.07 bits per heavy atom. The molecule has 1 unspecified atom stereocenters. The summed E-state index contributed by atoms with van der Waals surface area (Å²) in [6, 6.07) is 6.57. The Hall–Kier alpha value is -3.87. The highest BCUT2D eigenvalue weighted by Crippen LogP contribution is 2.38. The molecule has 41 heavy (non-hydrogen) atoms. The number of fused-ring (bicyclic) bond motifs is 1. The van der Waals surface area contributed by atoms with E-state index in [0.717, 1.165) is 5.69 Å². The third-order valence-corrected chi connectivity index (χ3v) is 6.15. The number of carbonyl (C=O) groups excluding carboxylic acids is 3. The summed E-state index contributed by atoms with van der Waals surface area (Å²) in [5.41, 5.74) is 1.04. The van der Waals surface area contributed by atoms with Crippen LogP contribution in [0.1, 0.15) is 67.5 Å². The summed E-state index contributed by atoms with van der Waals surface area (Å²) in [5.74, 6) is -1.12. The summed E-state index contributed by atoms with van der Waals surface area (Å²) < 4.78 is 15.7. The highest BCUT2D eigenvalue weighted by atomic mass is 16.6. The van der Waals surface area contributed by atoms with Crippen LogP contribution in [0, 0.1) is 6.92 Å². The number of nitrogens with one attached hydrogen (secondary N) is 4. The highest BCUT2D eigenvalue weighted by molar-refractivity contribution is 5.99. The number of hydrogen-bond acceptors (Lipinski definition) is 9. The van der Waals surface area contributed by atoms with Crippen LogP contribution in [0.15, 0.2) is 24.3 Å². The number of aliphatic hydroxyl groups excluding tert-OH is 1. The van der Waals surface area contributed by atoms with E-state index in [1.54, 1.807) is 58.0 Å². The minimum absolute atomic E-state index is 0.139. The molecule has 1 aromatic heterocycles. The van der Waals surface area contributed by atoms with Gasteiger partial charge in [-0.2, -0.15) is 0 Å². The van der Waals surface area contributed by atoms with Crippen LogP contribution in [0.25, 0.3) is 11.6 Å². The van der Waals surface area contributed by atoms with Crippen LogP contribution < -0.4 is 16.0 Å². The van der Waals surface area contributed by atoms with Gasteiger partial charge in [-0.05, 0) is 71.4 Å². The average molecular weight is 573 g/mol. The molecule has 2 aromatic rings. The zero-order valence-corrected chi connectivity index (χ0v) is 24.3. The third-order valence-electron chi connectivity index (χ3n) is 6.15. The molecule has 2 amide bonds. The smallest absolute Gasteiger partial charge is 0.407 e. The fraction of sp³-hybridized carbons (Fsp3) is 0.483. The minimum atomic E-state index is -1.88. The number of aromatic nitrogens is 1. The lowest BCUT2D eigenvalue weighted by atomic mass is 9.91. The van der Waals surface area contributed by atoms with E-state index in [1.165, 1.54) is 6.92 Å². The number of anilines is 1. The van der Waals surface area contributed by atoms with Gasteiger partial charge in [0.05, 0.1) is 31.1 Å². The van der Waals surface area contributed by atoms with Crippen LogP contribution in [0.3, 0.4) is 0 Å². The Kier molecular flexibility index (Phi) is 10.2. The molecule has 12 nitrogen and oxygen atoms in total. The number of rotatable bonds is 11. The molecule has 0 saturated heterocycles. The van der Waals surface area contributed by atoms with Gasteiger partial charge in [-0.15, -0.1) is 0 Å². The zero-order valence-electron chi connectivity index (χ0n) is 24.3. The maximum atomic E-state index is 12.9. The van der Waals surface area contributed by atoms with Crippen LogP contribution >= 0.6 is 0 Å². The summed E-state index contributed by atoms with van der Waals surface area (Å²) in [4.78, 5) is 40.0. The summed E-state index contributed by atoms with van der Waals surface area (Å²) in [6.07, 6.45) is 0.0404. The maximum absolute atomic E-state index is 12.9. The van der Waals surface area contributed by atoms with E-state index >= 15 is 0 Å². The summed E-state index contributed by atoms with van der Waals surface area (Å²) in [5, 5.41) is 30.0. The Labute approximate surface area is 239 Å². The van der Waals surface area contributed by atoms with Crippen molar-refractivity contribution in [3.05, 3.63) is 52.3 Å². The summed E-state index contributed by atoms with van der Waals surface area (Å²) in [7, 11) is 0. The SMILES string of the molecule is CCOC(=O)c1cc(C)[nH]c1/C=C1/c2cc([C@](C)(O)C(=O)NCCOCCNC(=O)OC(C)(C)C)ccc2NC1O. The second-order valence-electron chi connectivity index (χ2n) is 10.8. The monoisotopic (exact) mass is 572 g/mol. The first-order valence-corrected chi connectivity index (χ1v) is 13.5. The molecule has 2 atom stereocenters. The van der Waals surface area contributed by atoms with Gasteiger partial charge in [0.15, 0.2) is 11.8 Å². The number of aryl methyl sites for hydroxylation is 1. The van der Waals surface area contributed by atoms with Crippen LogP contribution in [-0.2, 0) is 24.6 Å². The van der Waals surface area contributed by atoms with Crippen LogP contribution in [0.2, 0.25) is 0 Å². The van der Waals surface area contributed by atoms with Gasteiger partial charge in [0.1, 0.15) is 5.60 Å². The van der Waals surface area contributed by atoms with Crippen LogP contribution in [-0.4, -0.2) is 77.9 Å². The van der Waals surface area contributed by atoms with E-state index in [9.17, 15) is 24.6 Å². The predicted molar refractivity (Wildman–Crippen MR) is 153 cm³/mol. The quantitative estimate of drug-likeness (QED) is 0.175. The number of aromatic amines is 1. The molecular formula is C29H40N4O8. The Balaban J connectivity index is 1.63. The fourth-order valence-electron chi connectivity index (χ4n) is 4.18. The molecule has 1 aliphatic heterocycles. The van der Waals surface area contributed by atoms with Gasteiger partial charge in [0, 0.05) is 35.6 Å². The molecule has 0 radical (unpaired) electrons. The van der Waals surface area contributed by atoms with Crippen LogP contribution in [0.5, 0.6) is 0 Å². The molecular weight excluding hydrogens is 532 g/mol. The lowest BCUT2D eigenvalue weighted by Crippen LogP contribution is -2.43. The van der Waals surface area contributed by atoms with E-state index in [-0.39, 0.29) is 32.9 Å². The predicted octanol–water partition coefficient (Wildman–Crippen LogP) is 2.65. The van der Waals surface area contributed by atoms with Gasteiger partial charge in [-0.25, -0.2) is 9.59 Å². The van der Waals surface area contributed by atoms with Crippen molar-refractivity contribution in [1.29, 1.82) is 0 Å². The lowest BCUT2D eigenvalue weighted by molar-refractivity contribution is -0.139. The van der Waals surface area contributed by atoms with E-state index in [2.05, 4.69) is 20.9 Å². The van der Waals surface area contributed by atoms with E-state index < -0.39 is 35.4 Å². The minimum Gasteiger partial charge on any atom is -0.462 e. The fourth-order valence-corrected chi connectivity index (χ4v) is 4.18. The third kappa shape index (κ3) is 8.32. The molecule has 0 spiro atoms. The number of carbonyl (C=O) groups is 3. The molecule has 0 aliphatic carbocycles. The molecule has 0 fully saturated rings. The van der Waals surface area contributed by atoms with Gasteiger partial charge < -0.3 is 45.4 Å². The molecule has 12 heteroatoms. The first kappa shape index (κ1) is 31.7. The van der Waals surface area contributed by atoms with Crippen molar-refractivity contribution in [3.63, 3.8) is 0 Å². The number of aliphatic hydroxyl groups is 2. The molecule has 1 aliphatic rings. The Bertz CT molecular complexity index is 1290. The standard InChI is InChI=1S/C29H40N4O8/c1-7-40-25(35)21-14-17(2)32-23(21)16-20-19-15-18(8-9-22(19)33-24(20)34)29(6,38)26(36)30-10-12-39-13-11-31-27(37)41-28(3,4)5/h8-9,14-16,24,32-34,38H,7,10-13H2,1-6H3,(H,30,36)(H,31,37)/b20-16-/t24?,29-/m0/s1. The summed E-state index contributed by atoms with van der Waals surface area (Å²) in [6.45, 7) is 11.2. The Morgan fingerprint density at radius 2 is 1.76 bits per heavy atom. The number of H-pyrrole nitrogens is 1. The van der Waals surface area contributed by atoms with Gasteiger partial charge in [-0.1, -0.05) is 6.07 Å². The van der Waals surface area contributed by atoms with Crippen LogP contribution in [0.4, 0.5) is 10.5 Å². The van der Waals surface area contributed by atoms with E-state index in [4.69, 9.17) is 14.2 Å². The number of ether oxygens (including phenoxy) is 3. The number of benzene rings is 1. The molecule has 224 valence electrons. The van der Waals surface area contributed by atoms with Crippen molar-refractivity contribution in [3.8, 4) is 0 Å². The largest absolute Gasteiger partial charge is 0.462 e. The van der Waals surface area contributed by atoms with Crippen molar-refractivity contribution in [1.82, 2.24) is 15.6 Å². The van der Waals surface area contributed by atoms with Crippen molar-refractivity contribution >= 4 is 35.3 Å². The highest BCUT2D eigenvalue weighted by Gasteiger charge is 2.35. The normalized spacial score (nSPS) is 16.9. The molecule has 0 saturated carbocycles. The molecule has 0 bridgehead atoms. The van der Waals surface area contributed by atoms with Crippen molar-refractivity contribution in [2.45, 2.75) is 59.0 Å². The first-order chi connectivity index (χ1) is 19.2. The average Bonchev–Trinajstić information content (AvgIpc) is 3.40. The number of hydrogen-bond donors (Lipinski definition) is 6. The second-order valence-corrected chi connectivity index (χ2v) is 10.8. The van der Waals surface area contributed by atoms with E-state index in [1.807, 2.05) is 6.92 Å². The Morgan fingerprint density at radius 3 is 2.41 bits per heavy atom. The van der Waals surface area contributed by atoms with E-state index in [0.29, 0.717) is 33.6 Å². The molecule has 2 heterocycles. The van der Waals surface area contributed by atoms with Crippen molar-refractivity contribution in [2.75, 3.05) is 38.2 Å². The zero-order chi connectivity index (χ0) is 30.4. The number of esters is 1. The van der Waals surface area contributed by atoms with Crippen molar-refractivity contribution < 1.29 is 38.8 Å². The first-order valence-electron chi connectivity index (χ1n) is 13.5. The van der Waals surface area contributed by atoms with Gasteiger partial charge in [-0.3, -0.25) is 4.79 Å². The molecule has 6 N–H and O–H groups in total. The van der Waals surface area contributed by atoms with Crippen molar-refractivity contribution in [2.24, 2.45) is 0 Å². The van der Waals surface area contributed by atoms with Gasteiger partial charge >= 0.3 is 12.1 Å². The topological polar surface area (TPSA) is 171 Å². The number of amides is 2. The molecule has 1 aromatic carbocycles.